The average Bonchev–Trinajstić information content (AvgIpc) is 3.15. The molecule has 0 aliphatic carbocycles. The summed E-state index contributed by atoms with van der Waals surface area (Å²) in [5.74, 6) is 1.34. The van der Waals surface area contributed by atoms with E-state index in [9.17, 15) is 4.79 Å². The smallest absolute Gasteiger partial charge is 0.319 e. The lowest BCUT2D eigenvalue weighted by atomic mass is 10.1. The molecule has 2 heterocycles. The molecule has 6 heteroatoms. The summed E-state index contributed by atoms with van der Waals surface area (Å²) in [6.45, 7) is 0.350. The van der Waals surface area contributed by atoms with E-state index >= 15 is 0 Å². The number of hydrogen-bond donors (Lipinski definition) is 2. The van der Waals surface area contributed by atoms with Crippen LogP contribution in [0.4, 0.5) is 10.5 Å². The molecule has 0 fully saturated rings. The molecule has 2 amide bonds. The Morgan fingerprint density at radius 2 is 2.08 bits per heavy atom. The zero-order valence-corrected chi connectivity index (χ0v) is 13.2. The van der Waals surface area contributed by atoms with Crippen LogP contribution in [0.25, 0.3) is 11.3 Å². The second-order valence-corrected chi connectivity index (χ2v) is 5.07. The van der Waals surface area contributed by atoms with Crippen molar-refractivity contribution < 1.29 is 13.9 Å². The Morgan fingerprint density at radius 3 is 2.88 bits per heavy atom. The molecule has 1 aromatic carbocycles. The molecule has 0 spiro atoms. The fraction of sp³-hybridized carbons (Fsp3) is 0.111. The molecule has 2 N–H and O–H groups in total. The van der Waals surface area contributed by atoms with Crippen molar-refractivity contribution in [3.8, 4) is 17.1 Å². The van der Waals surface area contributed by atoms with Gasteiger partial charge in [0.15, 0.2) is 0 Å². The molecule has 0 atom stereocenters. The van der Waals surface area contributed by atoms with E-state index in [0.717, 1.165) is 16.9 Å². The predicted octanol–water partition coefficient (Wildman–Crippen LogP) is 3.67. The first-order valence-electron chi connectivity index (χ1n) is 7.42. The number of hydrogen-bond acceptors (Lipinski definition) is 4. The first kappa shape index (κ1) is 15.6. The molecule has 0 saturated carbocycles. The molecule has 6 nitrogen and oxygen atoms in total. The summed E-state index contributed by atoms with van der Waals surface area (Å²) in [7, 11) is 1.56. The van der Waals surface area contributed by atoms with Gasteiger partial charge >= 0.3 is 6.03 Å². The van der Waals surface area contributed by atoms with Crippen LogP contribution in [0.15, 0.2) is 65.5 Å². The third kappa shape index (κ3) is 3.73. The Kier molecular flexibility index (Phi) is 4.76. The lowest BCUT2D eigenvalue weighted by molar-refractivity contribution is 0.251. The van der Waals surface area contributed by atoms with Gasteiger partial charge in [0.2, 0.25) is 0 Å². The lowest BCUT2D eigenvalue weighted by Gasteiger charge is -2.11. The minimum atomic E-state index is -0.317. The summed E-state index contributed by atoms with van der Waals surface area (Å²) < 4.78 is 10.6. The highest BCUT2D eigenvalue weighted by molar-refractivity contribution is 5.90. The number of rotatable bonds is 5. The van der Waals surface area contributed by atoms with E-state index in [4.69, 9.17) is 9.15 Å². The highest BCUT2D eigenvalue weighted by atomic mass is 16.5. The van der Waals surface area contributed by atoms with E-state index in [0.29, 0.717) is 18.0 Å². The van der Waals surface area contributed by atoms with E-state index in [-0.39, 0.29) is 6.03 Å². The number of aromatic nitrogens is 1. The Labute approximate surface area is 139 Å². The van der Waals surface area contributed by atoms with Crippen LogP contribution in [0, 0.1) is 0 Å². The number of benzene rings is 1. The van der Waals surface area contributed by atoms with Gasteiger partial charge in [-0.3, -0.25) is 4.98 Å². The van der Waals surface area contributed by atoms with E-state index in [1.165, 1.54) is 0 Å². The second-order valence-electron chi connectivity index (χ2n) is 5.07. The standard InChI is InChI=1S/C18H17N3O3/c1-23-17-6-3-2-5-15(17)21-18(22)20-11-13-9-14(12-19-10-13)16-7-4-8-24-16/h2-10,12H,11H2,1H3,(H2,20,21,22). The quantitative estimate of drug-likeness (QED) is 0.751. The molecule has 0 unspecified atom stereocenters. The predicted molar refractivity (Wildman–Crippen MR) is 90.8 cm³/mol. The summed E-state index contributed by atoms with van der Waals surface area (Å²) in [5.41, 5.74) is 2.35. The largest absolute Gasteiger partial charge is 0.495 e. The Hall–Kier alpha value is -3.28. The van der Waals surface area contributed by atoms with Gasteiger partial charge in [0.05, 0.1) is 19.1 Å². The Balaban J connectivity index is 1.61. The van der Waals surface area contributed by atoms with Gasteiger partial charge in [-0.15, -0.1) is 0 Å². The van der Waals surface area contributed by atoms with Crippen molar-refractivity contribution in [2.24, 2.45) is 0 Å². The number of urea groups is 1. The maximum atomic E-state index is 12.1. The number of nitrogens with zero attached hydrogens (tertiary/aromatic N) is 1. The van der Waals surface area contributed by atoms with Crippen LogP contribution in [-0.4, -0.2) is 18.1 Å². The second kappa shape index (κ2) is 7.32. The number of para-hydroxylation sites is 2. The van der Waals surface area contributed by atoms with Crippen molar-refractivity contribution in [1.29, 1.82) is 0 Å². The van der Waals surface area contributed by atoms with Gasteiger partial charge in [-0.1, -0.05) is 12.1 Å². The van der Waals surface area contributed by atoms with Gasteiger partial charge in [-0.2, -0.15) is 0 Å². The van der Waals surface area contributed by atoms with Gasteiger partial charge < -0.3 is 19.8 Å². The minimum absolute atomic E-state index is 0.317. The van der Waals surface area contributed by atoms with Crippen molar-refractivity contribution in [3.63, 3.8) is 0 Å². The van der Waals surface area contributed by atoms with Gasteiger partial charge in [0.25, 0.3) is 0 Å². The number of anilines is 1. The number of pyridine rings is 1. The number of ether oxygens (including phenoxy) is 1. The summed E-state index contributed by atoms with van der Waals surface area (Å²) in [6, 6.07) is 12.5. The van der Waals surface area contributed by atoms with Crippen LogP contribution in [-0.2, 0) is 6.54 Å². The molecule has 122 valence electrons. The molecule has 0 bridgehead atoms. The van der Waals surface area contributed by atoms with Crippen molar-refractivity contribution in [3.05, 3.63) is 66.7 Å². The summed E-state index contributed by atoms with van der Waals surface area (Å²) in [4.78, 5) is 16.2. The van der Waals surface area contributed by atoms with Crippen molar-refractivity contribution in [1.82, 2.24) is 10.3 Å². The zero-order valence-electron chi connectivity index (χ0n) is 13.2. The van der Waals surface area contributed by atoms with Crippen LogP contribution in [0.1, 0.15) is 5.56 Å². The van der Waals surface area contributed by atoms with Crippen LogP contribution in [0.5, 0.6) is 5.75 Å². The number of methoxy groups -OCH3 is 1. The van der Waals surface area contributed by atoms with Crippen molar-refractivity contribution in [2.75, 3.05) is 12.4 Å². The molecule has 3 rings (SSSR count). The first-order valence-corrected chi connectivity index (χ1v) is 7.42. The zero-order chi connectivity index (χ0) is 16.8. The van der Waals surface area contributed by atoms with E-state index in [1.807, 2.05) is 30.3 Å². The fourth-order valence-electron chi connectivity index (χ4n) is 2.26. The topological polar surface area (TPSA) is 76.4 Å². The van der Waals surface area contributed by atoms with Gasteiger partial charge in [0.1, 0.15) is 11.5 Å². The average molecular weight is 323 g/mol. The number of carbonyl (C=O) groups excluding carboxylic acids is 1. The highest BCUT2D eigenvalue weighted by Crippen LogP contribution is 2.23. The maximum absolute atomic E-state index is 12.1. The first-order chi connectivity index (χ1) is 11.8. The molecular formula is C18H17N3O3. The van der Waals surface area contributed by atoms with E-state index in [1.54, 1.807) is 37.9 Å². The number of amides is 2. The van der Waals surface area contributed by atoms with Crippen molar-refractivity contribution >= 4 is 11.7 Å². The lowest BCUT2D eigenvalue weighted by Crippen LogP contribution is -2.28. The third-order valence-electron chi connectivity index (χ3n) is 3.41. The van der Waals surface area contributed by atoms with Crippen LogP contribution < -0.4 is 15.4 Å². The SMILES string of the molecule is COc1ccccc1NC(=O)NCc1cncc(-c2ccco2)c1. The van der Waals surface area contributed by atoms with Crippen LogP contribution in [0.2, 0.25) is 0 Å². The number of nitrogens with one attached hydrogen (secondary N) is 2. The van der Waals surface area contributed by atoms with E-state index < -0.39 is 0 Å². The fourth-order valence-corrected chi connectivity index (χ4v) is 2.26. The molecule has 2 aromatic heterocycles. The van der Waals surface area contributed by atoms with Gasteiger partial charge in [-0.25, -0.2) is 4.79 Å². The summed E-state index contributed by atoms with van der Waals surface area (Å²) in [6.07, 6.45) is 5.04. The molecule has 0 aliphatic heterocycles. The number of carbonyl (C=O) groups is 1. The van der Waals surface area contributed by atoms with Gasteiger partial charge in [0, 0.05) is 24.5 Å². The molecular weight excluding hydrogens is 306 g/mol. The minimum Gasteiger partial charge on any atom is -0.495 e. The van der Waals surface area contributed by atoms with Crippen LogP contribution >= 0.6 is 0 Å². The molecule has 3 aromatic rings. The molecule has 0 aliphatic rings. The third-order valence-corrected chi connectivity index (χ3v) is 3.41. The maximum Gasteiger partial charge on any atom is 0.319 e. The van der Waals surface area contributed by atoms with Gasteiger partial charge in [-0.05, 0) is 35.9 Å². The number of furan rings is 1. The van der Waals surface area contributed by atoms with Crippen LogP contribution in [0.3, 0.4) is 0 Å². The molecule has 24 heavy (non-hydrogen) atoms. The molecule has 0 radical (unpaired) electrons. The summed E-state index contributed by atoms with van der Waals surface area (Å²) in [5, 5.41) is 5.55. The normalized spacial score (nSPS) is 10.2. The molecule has 0 saturated heterocycles. The van der Waals surface area contributed by atoms with Crippen molar-refractivity contribution in [2.45, 2.75) is 6.54 Å². The Morgan fingerprint density at radius 1 is 1.21 bits per heavy atom. The van der Waals surface area contributed by atoms with E-state index in [2.05, 4.69) is 15.6 Å². The monoisotopic (exact) mass is 323 g/mol. The summed E-state index contributed by atoms with van der Waals surface area (Å²) >= 11 is 0. The Bertz CT molecular complexity index is 816. The highest BCUT2D eigenvalue weighted by Gasteiger charge is 2.07.